The van der Waals surface area contributed by atoms with Crippen LogP contribution in [0.15, 0.2) is 40.7 Å². The molecule has 1 aromatic carbocycles. The van der Waals surface area contributed by atoms with Crippen molar-refractivity contribution in [3.63, 3.8) is 0 Å². The van der Waals surface area contributed by atoms with Gasteiger partial charge in [0.1, 0.15) is 29.4 Å². The Morgan fingerprint density at radius 2 is 1.94 bits per heavy atom. The molecule has 2 amide bonds. The molecule has 5 N–H and O–H groups in total. The van der Waals surface area contributed by atoms with Crippen molar-refractivity contribution in [3.8, 4) is 5.75 Å². The predicted octanol–water partition coefficient (Wildman–Crippen LogP) is -0.972. The van der Waals surface area contributed by atoms with Crippen molar-refractivity contribution < 1.29 is 39.6 Å². The number of phenols is 1. The number of carbonyl (C=O) groups is 4. The molecule has 1 aromatic heterocycles. The molecule has 2 aliphatic rings. The number of amides is 2. The molecule has 1 saturated heterocycles. The van der Waals surface area contributed by atoms with Crippen molar-refractivity contribution in [3.05, 3.63) is 41.1 Å². The molecule has 0 saturated carbocycles. The van der Waals surface area contributed by atoms with Crippen molar-refractivity contribution in [1.82, 2.24) is 30.4 Å². The van der Waals surface area contributed by atoms with Crippen LogP contribution in [0.3, 0.4) is 0 Å². The second-order valence-electron chi connectivity index (χ2n) is 7.45. The van der Waals surface area contributed by atoms with Gasteiger partial charge in [0.05, 0.1) is 0 Å². The number of β-lactam (4-membered cyclic amide) rings is 1. The lowest BCUT2D eigenvalue weighted by Crippen LogP contribution is -2.70. The maximum atomic E-state index is 12.8. The molecule has 16 heteroatoms. The topological polar surface area (TPSA) is 208 Å². The van der Waals surface area contributed by atoms with Gasteiger partial charge in [-0.15, -0.1) is 16.9 Å². The average molecular weight is 523 g/mol. The van der Waals surface area contributed by atoms with E-state index in [4.69, 9.17) is 5.11 Å². The van der Waals surface area contributed by atoms with Gasteiger partial charge in [-0.25, -0.2) is 9.48 Å². The normalized spacial score (nSPS) is 20.1. The van der Waals surface area contributed by atoms with Gasteiger partial charge in [0.25, 0.3) is 11.8 Å². The zero-order chi connectivity index (χ0) is 25.3. The van der Waals surface area contributed by atoms with Crippen LogP contribution in [0, 0.1) is 0 Å². The van der Waals surface area contributed by atoms with Gasteiger partial charge in [-0.1, -0.05) is 23.9 Å². The lowest BCUT2D eigenvalue weighted by Gasteiger charge is -2.49. The number of thioether (sulfide) groups is 2. The zero-order valence-electron chi connectivity index (χ0n) is 17.6. The number of hydrogen-bond donors (Lipinski definition) is 5. The molecule has 14 nitrogen and oxygen atoms in total. The van der Waals surface area contributed by atoms with E-state index >= 15 is 0 Å². The number of fused-ring (bicyclic) bond motifs is 1. The Kier molecular flexibility index (Phi) is 6.95. The monoisotopic (exact) mass is 522 g/mol. The molecule has 1 fully saturated rings. The van der Waals surface area contributed by atoms with Gasteiger partial charge in [-0.05, 0) is 33.7 Å². The number of nitrogens with zero attached hydrogens (tertiary/aromatic N) is 5. The Labute approximate surface area is 205 Å². The van der Waals surface area contributed by atoms with Crippen LogP contribution in [0.1, 0.15) is 11.7 Å². The molecule has 0 radical (unpaired) electrons. The second kappa shape index (κ2) is 9.93. The van der Waals surface area contributed by atoms with E-state index in [0.29, 0.717) is 5.57 Å². The number of carboxylic acids is 2. The predicted molar refractivity (Wildman–Crippen MR) is 119 cm³/mol. The number of carbonyl (C=O) groups excluding carboxylic acids is 2. The summed E-state index contributed by atoms with van der Waals surface area (Å²) in [4.78, 5) is 49.2. The van der Waals surface area contributed by atoms with Gasteiger partial charge >= 0.3 is 11.9 Å². The van der Waals surface area contributed by atoms with Gasteiger partial charge < -0.3 is 25.7 Å². The van der Waals surface area contributed by atoms with Crippen molar-refractivity contribution in [1.29, 1.82) is 0 Å². The van der Waals surface area contributed by atoms with Crippen molar-refractivity contribution in [2.45, 2.75) is 29.2 Å². The smallest absolute Gasteiger partial charge is 0.352 e. The van der Waals surface area contributed by atoms with Crippen LogP contribution in [0.2, 0.25) is 0 Å². The number of rotatable bonds is 9. The quantitative estimate of drug-likeness (QED) is 0.199. The van der Waals surface area contributed by atoms with Crippen molar-refractivity contribution >= 4 is 47.3 Å². The van der Waals surface area contributed by atoms with Crippen LogP contribution in [-0.2, 0) is 25.7 Å². The number of aromatic hydroxyl groups is 1. The van der Waals surface area contributed by atoms with Crippen LogP contribution < -0.4 is 5.32 Å². The number of tetrazole rings is 1. The number of nitrogens with one attached hydrogen (secondary N) is 1. The number of phenolic OH excluding ortho intramolecular Hbond substituents is 1. The summed E-state index contributed by atoms with van der Waals surface area (Å²) in [6, 6.07) is 4.33. The molecule has 2 aliphatic heterocycles. The SMILES string of the molecule is O=C(O)Cn1nnnc1SCC1=C(C(=O)O)N2C(=O)C(NC(=O)[C@H](O)c3ccc(O)cc3)[C@H]2SC1. The van der Waals surface area contributed by atoms with Gasteiger partial charge in [0.15, 0.2) is 6.10 Å². The van der Waals surface area contributed by atoms with Crippen molar-refractivity contribution in [2.75, 3.05) is 11.5 Å². The standard InChI is InChI=1S/C19H18N6O8S2/c26-10-3-1-8(2-4-10)14(29)15(30)20-12-16(31)25-13(18(32)33)9(6-34-17(12)25)7-35-19-21-22-23-24(19)5-11(27)28/h1-4,12,14,17,26,29H,5-7H2,(H,20,30)(H,27,28)(H,32,33)/t12?,14-,17-/m1/s1. The third kappa shape index (κ3) is 4.94. The van der Waals surface area contributed by atoms with E-state index < -0.39 is 47.8 Å². The summed E-state index contributed by atoms with van der Waals surface area (Å²) in [6.07, 6.45) is -1.58. The van der Waals surface area contributed by atoms with Crippen LogP contribution in [0.25, 0.3) is 0 Å². The summed E-state index contributed by atoms with van der Waals surface area (Å²) in [5.74, 6) is -3.64. The van der Waals surface area contributed by atoms with Gasteiger partial charge in [-0.2, -0.15) is 0 Å². The molecular formula is C19H18N6O8S2. The number of aromatic nitrogens is 4. The molecule has 35 heavy (non-hydrogen) atoms. The minimum absolute atomic E-state index is 0.0369. The number of benzene rings is 1. The molecule has 3 heterocycles. The minimum Gasteiger partial charge on any atom is -0.508 e. The molecule has 1 unspecified atom stereocenters. The number of aliphatic carboxylic acids is 2. The molecule has 0 aliphatic carbocycles. The second-order valence-corrected chi connectivity index (χ2v) is 9.50. The number of aliphatic hydroxyl groups excluding tert-OH is 1. The Hall–Kier alpha value is -3.63. The molecular weight excluding hydrogens is 504 g/mol. The molecule has 0 spiro atoms. The van der Waals surface area contributed by atoms with E-state index in [9.17, 15) is 34.5 Å². The first-order valence-electron chi connectivity index (χ1n) is 9.95. The minimum atomic E-state index is -1.58. The Bertz CT molecular complexity index is 1220. The third-order valence-corrected chi connectivity index (χ3v) is 7.55. The average Bonchev–Trinajstić information content (AvgIpc) is 3.26. The molecule has 3 atom stereocenters. The Balaban J connectivity index is 1.45. The summed E-state index contributed by atoms with van der Waals surface area (Å²) in [5, 5.41) is 51.0. The first-order chi connectivity index (χ1) is 16.7. The van der Waals surface area contributed by atoms with Crippen LogP contribution in [-0.4, -0.2) is 92.2 Å². The third-order valence-electron chi connectivity index (χ3n) is 5.16. The molecule has 2 aromatic rings. The molecule has 4 rings (SSSR count). The van der Waals surface area contributed by atoms with E-state index in [1.807, 2.05) is 0 Å². The van der Waals surface area contributed by atoms with E-state index in [1.54, 1.807) is 0 Å². The molecule has 184 valence electrons. The molecule has 0 bridgehead atoms. The zero-order valence-corrected chi connectivity index (χ0v) is 19.3. The van der Waals surface area contributed by atoms with E-state index in [-0.39, 0.29) is 33.7 Å². The fraction of sp³-hybridized carbons (Fsp3) is 0.316. The highest BCUT2D eigenvalue weighted by molar-refractivity contribution is 8.01. The van der Waals surface area contributed by atoms with E-state index in [0.717, 1.165) is 21.3 Å². The highest BCUT2D eigenvalue weighted by Crippen LogP contribution is 2.41. The van der Waals surface area contributed by atoms with E-state index in [1.165, 1.54) is 36.0 Å². The Morgan fingerprint density at radius 3 is 2.60 bits per heavy atom. The lowest BCUT2D eigenvalue weighted by atomic mass is 10.0. The fourth-order valence-corrected chi connectivity index (χ4v) is 5.88. The first kappa shape index (κ1) is 24.5. The number of aliphatic hydroxyl groups is 1. The summed E-state index contributed by atoms with van der Waals surface area (Å²) in [6.45, 7) is -0.459. The summed E-state index contributed by atoms with van der Waals surface area (Å²) in [7, 11) is 0. The number of carboxylic acid groups (broad SMARTS) is 2. The van der Waals surface area contributed by atoms with Crippen molar-refractivity contribution in [2.24, 2.45) is 0 Å². The van der Waals surface area contributed by atoms with Crippen LogP contribution in [0.5, 0.6) is 5.75 Å². The van der Waals surface area contributed by atoms with Gasteiger partial charge in [-0.3, -0.25) is 19.3 Å². The largest absolute Gasteiger partial charge is 0.508 e. The maximum absolute atomic E-state index is 12.8. The Morgan fingerprint density at radius 1 is 1.23 bits per heavy atom. The highest BCUT2D eigenvalue weighted by atomic mass is 32.2. The highest BCUT2D eigenvalue weighted by Gasteiger charge is 2.54. The van der Waals surface area contributed by atoms with Gasteiger partial charge in [0, 0.05) is 11.5 Å². The summed E-state index contributed by atoms with van der Waals surface area (Å²) in [5.41, 5.74) is 0.417. The fourth-order valence-electron chi connectivity index (χ4n) is 3.51. The lowest BCUT2D eigenvalue weighted by molar-refractivity contribution is -0.151. The van der Waals surface area contributed by atoms with Crippen LogP contribution >= 0.6 is 23.5 Å². The summed E-state index contributed by atoms with van der Waals surface area (Å²) >= 11 is 2.28. The number of hydrogen-bond acceptors (Lipinski definition) is 11. The van der Waals surface area contributed by atoms with Crippen LogP contribution in [0.4, 0.5) is 0 Å². The van der Waals surface area contributed by atoms with Gasteiger partial charge in [0.2, 0.25) is 5.16 Å². The van der Waals surface area contributed by atoms with E-state index in [2.05, 4.69) is 20.8 Å². The maximum Gasteiger partial charge on any atom is 0.352 e. The first-order valence-corrected chi connectivity index (χ1v) is 12.0. The summed E-state index contributed by atoms with van der Waals surface area (Å²) < 4.78 is 1.06.